The molecule has 0 aromatic heterocycles. The van der Waals surface area contributed by atoms with Gasteiger partial charge in [-0.3, -0.25) is 14.9 Å². The molecule has 10 heteroatoms. The average molecular weight is 407 g/mol. The molecular formula is C17H34N2O7Si. The van der Waals surface area contributed by atoms with E-state index in [-0.39, 0.29) is 17.9 Å². The molecule has 0 saturated carbocycles. The zero-order valence-electron chi connectivity index (χ0n) is 17.6. The number of amides is 1. The van der Waals surface area contributed by atoms with Crippen LogP contribution < -0.4 is 5.32 Å². The maximum Gasteiger partial charge on any atom is 0.407 e. The van der Waals surface area contributed by atoms with Crippen LogP contribution in [0.5, 0.6) is 0 Å². The molecule has 0 unspecified atom stereocenters. The van der Waals surface area contributed by atoms with Crippen LogP contribution >= 0.6 is 0 Å². The molecule has 0 aliphatic carbocycles. The highest BCUT2D eigenvalue weighted by Gasteiger charge is 2.41. The molecular weight excluding hydrogens is 372 g/mol. The Morgan fingerprint density at radius 3 is 2.07 bits per heavy atom. The molecule has 1 amide bonds. The van der Waals surface area contributed by atoms with Crippen molar-refractivity contribution in [3.63, 3.8) is 0 Å². The van der Waals surface area contributed by atoms with Crippen LogP contribution in [-0.4, -0.2) is 54.7 Å². The minimum absolute atomic E-state index is 0.0129. The predicted molar refractivity (Wildman–Crippen MR) is 104 cm³/mol. The van der Waals surface area contributed by atoms with E-state index in [2.05, 4.69) is 5.32 Å². The van der Waals surface area contributed by atoms with Crippen molar-refractivity contribution in [2.24, 2.45) is 0 Å². The van der Waals surface area contributed by atoms with Crippen molar-refractivity contribution >= 4 is 20.4 Å². The summed E-state index contributed by atoms with van der Waals surface area (Å²) in [5.41, 5.74) is -0.740. The summed E-state index contributed by atoms with van der Waals surface area (Å²) in [5.74, 6) is -1.12. The predicted octanol–water partition coefficient (Wildman–Crippen LogP) is 3.41. The highest BCUT2D eigenvalue weighted by molar-refractivity contribution is 6.74. The maximum absolute atomic E-state index is 12.0. The summed E-state index contributed by atoms with van der Waals surface area (Å²) < 4.78 is 11.3. The van der Waals surface area contributed by atoms with Gasteiger partial charge in [0.25, 0.3) is 0 Å². The Labute approximate surface area is 162 Å². The number of alkyl carbamates (subject to hydrolysis) is 1. The first-order chi connectivity index (χ1) is 11.9. The number of ether oxygens (including phenoxy) is 1. The fourth-order valence-corrected chi connectivity index (χ4v) is 3.47. The third-order valence-corrected chi connectivity index (χ3v) is 8.84. The molecule has 0 fully saturated rings. The lowest BCUT2D eigenvalue weighted by molar-refractivity contribution is -0.489. The summed E-state index contributed by atoms with van der Waals surface area (Å²) in [6.45, 7) is 14.6. The van der Waals surface area contributed by atoms with Crippen molar-refractivity contribution in [1.29, 1.82) is 0 Å². The Balaban J connectivity index is 5.33. The van der Waals surface area contributed by atoms with Gasteiger partial charge in [0.05, 0.1) is 6.42 Å². The van der Waals surface area contributed by atoms with E-state index >= 15 is 0 Å². The first-order valence-electron chi connectivity index (χ1n) is 8.94. The Morgan fingerprint density at radius 1 is 1.19 bits per heavy atom. The summed E-state index contributed by atoms with van der Waals surface area (Å²) in [6, 6.07) is -0.841. The van der Waals surface area contributed by atoms with Gasteiger partial charge in [-0.05, 0) is 45.3 Å². The van der Waals surface area contributed by atoms with E-state index in [9.17, 15) is 19.7 Å². The van der Waals surface area contributed by atoms with Gasteiger partial charge in [-0.25, -0.2) is 4.79 Å². The van der Waals surface area contributed by atoms with Crippen LogP contribution in [0.2, 0.25) is 18.1 Å². The molecule has 0 aromatic rings. The number of nitro groups is 1. The van der Waals surface area contributed by atoms with Crippen molar-refractivity contribution in [3.05, 3.63) is 10.1 Å². The maximum atomic E-state index is 12.0. The number of carbonyl (C=O) groups is 2. The van der Waals surface area contributed by atoms with Gasteiger partial charge in [-0.1, -0.05) is 20.8 Å². The van der Waals surface area contributed by atoms with E-state index in [0.29, 0.717) is 0 Å². The second-order valence-corrected chi connectivity index (χ2v) is 13.9. The number of nitrogens with one attached hydrogen (secondary N) is 1. The molecule has 0 saturated heterocycles. The Morgan fingerprint density at radius 2 is 1.70 bits per heavy atom. The van der Waals surface area contributed by atoms with Crippen molar-refractivity contribution in [2.45, 2.75) is 90.3 Å². The summed E-state index contributed by atoms with van der Waals surface area (Å²) in [6.07, 6.45) is -1.94. The van der Waals surface area contributed by atoms with Crippen molar-refractivity contribution in [1.82, 2.24) is 5.32 Å². The van der Waals surface area contributed by atoms with E-state index in [1.165, 1.54) is 0 Å². The van der Waals surface area contributed by atoms with Crippen LogP contribution in [0.1, 0.15) is 54.4 Å². The number of carbonyl (C=O) groups excluding carboxylic acids is 1. The van der Waals surface area contributed by atoms with Crippen LogP contribution in [0.15, 0.2) is 0 Å². The largest absolute Gasteiger partial charge is 0.481 e. The first kappa shape index (κ1) is 25.3. The third-order valence-electron chi connectivity index (χ3n) is 4.31. The number of hydrogen-bond donors (Lipinski definition) is 2. The fraction of sp³-hybridized carbons (Fsp3) is 0.882. The van der Waals surface area contributed by atoms with Gasteiger partial charge in [0.2, 0.25) is 6.54 Å². The molecule has 0 aliphatic heterocycles. The number of nitrogens with zero attached hydrogens (tertiary/aromatic N) is 1. The first-order valence-corrected chi connectivity index (χ1v) is 11.8. The number of hydrogen-bond acceptors (Lipinski definition) is 6. The van der Waals surface area contributed by atoms with Crippen LogP contribution in [0.3, 0.4) is 0 Å². The van der Waals surface area contributed by atoms with E-state index < -0.39 is 49.6 Å². The zero-order valence-corrected chi connectivity index (χ0v) is 18.6. The van der Waals surface area contributed by atoms with Crippen LogP contribution in [0.4, 0.5) is 4.79 Å². The summed E-state index contributed by atoms with van der Waals surface area (Å²) in [7, 11) is -2.32. The number of carboxylic acids is 1. The normalized spacial score (nSPS) is 15.0. The quantitative estimate of drug-likeness (QED) is 0.341. The van der Waals surface area contributed by atoms with Crippen LogP contribution in [-0.2, 0) is 14.0 Å². The van der Waals surface area contributed by atoms with E-state index in [4.69, 9.17) is 14.3 Å². The Hall–Kier alpha value is -1.68. The average Bonchev–Trinajstić information content (AvgIpc) is 2.31. The molecule has 2 N–H and O–H groups in total. The third kappa shape index (κ3) is 10.9. The minimum atomic E-state index is -2.32. The van der Waals surface area contributed by atoms with Crippen LogP contribution in [0, 0.1) is 10.1 Å². The number of aliphatic carboxylic acids is 1. The zero-order chi connectivity index (χ0) is 21.6. The molecule has 27 heavy (non-hydrogen) atoms. The van der Waals surface area contributed by atoms with Crippen molar-refractivity contribution < 1.29 is 28.8 Å². The number of carboxylic acid groups (broad SMARTS) is 1. The molecule has 0 heterocycles. The topological polar surface area (TPSA) is 128 Å². The SMILES string of the molecule is CC(C)(C)OC(=O)N[C@@H](CC(=O)O)C[C@H](C[N+](=O)[O-])O[Si](C)(C)C(C)(C)C. The summed E-state index contributed by atoms with van der Waals surface area (Å²) >= 11 is 0. The molecule has 0 radical (unpaired) electrons. The van der Waals surface area contributed by atoms with E-state index in [1.807, 2.05) is 33.9 Å². The standard InChI is InChI=1S/C17H34N2O7Si/c1-16(2,3)25-15(22)18-12(10-14(20)21)9-13(11-19(23)24)26-27(7,8)17(4,5)6/h12-13H,9-11H2,1-8H3,(H,18,22)(H,20,21)/t12-,13-/m1/s1. The van der Waals surface area contributed by atoms with Crippen molar-refractivity contribution in [2.75, 3.05) is 6.54 Å². The fourth-order valence-electron chi connectivity index (χ4n) is 2.12. The highest BCUT2D eigenvalue weighted by atomic mass is 28.4. The molecule has 0 spiro atoms. The van der Waals surface area contributed by atoms with Gasteiger partial charge in [0.1, 0.15) is 11.7 Å². The lowest BCUT2D eigenvalue weighted by atomic mass is 10.1. The van der Waals surface area contributed by atoms with Crippen LogP contribution in [0.25, 0.3) is 0 Å². The Bertz CT molecular complexity index is 538. The number of rotatable bonds is 9. The van der Waals surface area contributed by atoms with Gasteiger partial charge in [0.15, 0.2) is 8.32 Å². The van der Waals surface area contributed by atoms with Gasteiger partial charge in [0, 0.05) is 11.0 Å². The summed E-state index contributed by atoms with van der Waals surface area (Å²) in [5, 5.41) is 22.5. The molecule has 0 bridgehead atoms. The van der Waals surface area contributed by atoms with E-state index in [0.717, 1.165) is 0 Å². The lowest BCUT2D eigenvalue weighted by Gasteiger charge is -2.39. The Kier molecular flexibility index (Phi) is 8.90. The monoisotopic (exact) mass is 406 g/mol. The molecule has 158 valence electrons. The second kappa shape index (κ2) is 9.49. The van der Waals surface area contributed by atoms with E-state index in [1.54, 1.807) is 20.8 Å². The second-order valence-electron chi connectivity index (χ2n) is 9.19. The lowest BCUT2D eigenvalue weighted by Crippen LogP contribution is -2.48. The molecule has 0 rings (SSSR count). The van der Waals surface area contributed by atoms with Gasteiger partial charge in [-0.15, -0.1) is 0 Å². The molecule has 9 nitrogen and oxygen atoms in total. The minimum Gasteiger partial charge on any atom is -0.481 e. The smallest absolute Gasteiger partial charge is 0.407 e. The van der Waals surface area contributed by atoms with Gasteiger partial charge in [-0.2, -0.15) is 0 Å². The summed E-state index contributed by atoms with van der Waals surface area (Å²) in [4.78, 5) is 33.8. The van der Waals surface area contributed by atoms with Crippen molar-refractivity contribution in [3.8, 4) is 0 Å². The highest BCUT2D eigenvalue weighted by Crippen LogP contribution is 2.37. The molecule has 0 aliphatic rings. The van der Waals surface area contributed by atoms with Gasteiger partial charge >= 0.3 is 12.1 Å². The molecule has 2 atom stereocenters. The molecule has 0 aromatic carbocycles. The van der Waals surface area contributed by atoms with Gasteiger partial charge < -0.3 is 19.6 Å².